The number of amides is 1. The van der Waals surface area contributed by atoms with Gasteiger partial charge in [0.1, 0.15) is 5.75 Å². The Kier molecular flexibility index (Phi) is 5.44. The van der Waals surface area contributed by atoms with Gasteiger partial charge in [0.15, 0.2) is 0 Å². The fourth-order valence-electron chi connectivity index (χ4n) is 3.50. The summed E-state index contributed by atoms with van der Waals surface area (Å²) in [6.07, 6.45) is 4.87. The van der Waals surface area contributed by atoms with Crippen molar-refractivity contribution in [3.63, 3.8) is 0 Å². The van der Waals surface area contributed by atoms with Gasteiger partial charge in [0, 0.05) is 18.0 Å². The third-order valence-corrected chi connectivity index (χ3v) is 5.16. The maximum atomic E-state index is 12.4. The number of hydrogen-bond donors (Lipinski definition) is 0. The van der Waals surface area contributed by atoms with E-state index in [2.05, 4.69) is 0 Å². The fraction of sp³-hybridized carbons (Fsp3) is 0.611. The van der Waals surface area contributed by atoms with Crippen molar-refractivity contribution in [2.75, 3.05) is 19.8 Å². The number of aryl methyl sites for hydroxylation is 1. The summed E-state index contributed by atoms with van der Waals surface area (Å²) in [4.78, 5) is 14.5. The van der Waals surface area contributed by atoms with Gasteiger partial charge in [-0.25, -0.2) is 0 Å². The van der Waals surface area contributed by atoms with Crippen LogP contribution in [0, 0.1) is 6.92 Å². The Morgan fingerprint density at radius 1 is 1.43 bits per heavy atom. The van der Waals surface area contributed by atoms with Crippen LogP contribution in [-0.4, -0.2) is 42.7 Å². The highest BCUT2D eigenvalue weighted by Gasteiger charge is 2.37. The lowest BCUT2D eigenvalue weighted by Gasteiger charge is -2.37. The predicted octanol–water partition coefficient (Wildman–Crippen LogP) is 3.59. The SMILES string of the molecule is Cc1cc(OCCCC(=O)N2CCOC3CCCC32)ccc1Cl. The number of ether oxygens (including phenoxy) is 2. The summed E-state index contributed by atoms with van der Waals surface area (Å²) in [5, 5.41) is 0.742. The molecule has 1 saturated heterocycles. The van der Waals surface area contributed by atoms with Crippen LogP contribution < -0.4 is 4.74 Å². The Bertz CT molecular complexity index is 563. The number of morpholine rings is 1. The van der Waals surface area contributed by atoms with E-state index in [-0.39, 0.29) is 12.0 Å². The molecule has 2 fully saturated rings. The lowest BCUT2D eigenvalue weighted by Crippen LogP contribution is -2.51. The minimum absolute atomic E-state index is 0.237. The summed E-state index contributed by atoms with van der Waals surface area (Å²) >= 11 is 6.00. The Morgan fingerprint density at radius 3 is 3.13 bits per heavy atom. The number of nitrogens with zero attached hydrogens (tertiary/aromatic N) is 1. The van der Waals surface area contributed by atoms with Crippen LogP contribution in [0.2, 0.25) is 5.02 Å². The first-order chi connectivity index (χ1) is 11.1. The van der Waals surface area contributed by atoms with E-state index in [1.807, 2.05) is 30.0 Å². The number of rotatable bonds is 5. The third-order valence-electron chi connectivity index (χ3n) is 4.74. The zero-order valence-electron chi connectivity index (χ0n) is 13.6. The molecule has 0 bridgehead atoms. The average molecular weight is 338 g/mol. The summed E-state index contributed by atoms with van der Waals surface area (Å²) in [5.74, 6) is 1.04. The normalized spacial score (nSPS) is 23.7. The highest BCUT2D eigenvalue weighted by Crippen LogP contribution is 2.30. The van der Waals surface area contributed by atoms with Crippen LogP contribution in [0.1, 0.15) is 37.7 Å². The molecular formula is C18H24ClNO3. The predicted molar refractivity (Wildman–Crippen MR) is 90.0 cm³/mol. The number of carbonyl (C=O) groups excluding carboxylic acids is 1. The summed E-state index contributed by atoms with van der Waals surface area (Å²) in [5.41, 5.74) is 1.00. The molecule has 0 aromatic heterocycles. The zero-order valence-corrected chi connectivity index (χ0v) is 14.3. The van der Waals surface area contributed by atoms with Crippen molar-refractivity contribution >= 4 is 17.5 Å². The second-order valence-corrected chi connectivity index (χ2v) is 6.76. The van der Waals surface area contributed by atoms with Crippen molar-refractivity contribution in [2.24, 2.45) is 0 Å². The summed E-state index contributed by atoms with van der Waals surface area (Å²) < 4.78 is 11.5. The van der Waals surface area contributed by atoms with Crippen LogP contribution in [0.4, 0.5) is 0 Å². The second-order valence-electron chi connectivity index (χ2n) is 6.36. The lowest BCUT2D eigenvalue weighted by atomic mass is 10.1. The minimum atomic E-state index is 0.237. The Hall–Kier alpha value is -1.26. The molecule has 1 aromatic carbocycles. The molecule has 2 atom stereocenters. The summed E-state index contributed by atoms with van der Waals surface area (Å²) in [6, 6.07) is 5.93. The van der Waals surface area contributed by atoms with Gasteiger partial charge in [0.05, 0.1) is 25.4 Å². The van der Waals surface area contributed by atoms with E-state index in [9.17, 15) is 4.79 Å². The zero-order chi connectivity index (χ0) is 16.2. The molecule has 1 aromatic rings. The van der Waals surface area contributed by atoms with Crippen LogP contribution in [0.5, 0.6) is 5.75 Å². The van der Waals surface area contributed by atoms with Crippen molar-refractivity contribution < 1.29 is 14.3 Å². The number of hydrogen-bond acceptors (Lipinski definition) is 3. The number of carbonyl (C=O) groups is 1. The summed E-state index contributed by atoms with van der Waals surface area (Å²) in [6.45, 7) is 3.91. The number of fused-ring (bicyclic) bond motifs is 1. The molecule has 1 heterocycles. The largest absolute Gasteiger partial charge is 0.494 e. The van der Waals surface area contributed by atoms with Crippen LogP contribution in [0.3, 0.4) is 0 Å². The van der Waals surface area contributed by atoms with E-state index in [0.717, 1.165) is 48.6 Å². The van der Waals surface area contributed by atoms with E-state index in [1.165, 1.54) is 0 Å². The van der Waals surface area contributed by atoms with Crippen LogP contribution in [0.15, 0.2) is 18.2 Å². The quantitative estimate of drug-likeness (QED) is 0.771. The molecule has 4 nitrogen and oxygen atoms in total. The highest BCUT2D eigenvalue weighted by atomic mass is 35.5. The van der Waals surface area contributed by atoms with Gasteiger partial charge in [-0.2, -0.15) is 0 Å². The van der Waals surface area contributed by atoms with E-state index in [1.54, 1.807) is 0 Å². The maximum absolute atomic E-state index is 12.4. The number of halogens is 1. The smallest absolute Gasteiger partial charge is 0.223 e. The molecular weight excluding hydrogens is 314 g/mol. The standard InChI is InChI=1S/C18H24ClNO3/c1-13-12-14(7-8-15(13)19)22-10-3-6-18(21)20-9-11-23-17-5-2-4-16(17)20/h7-8,12,16-17H,2-6,9-11H2,1H3. The fourth-order valence-corrected chi connectivity index (χ4v) is 3.62. The van der Waals surface area contributed by atoms with Gasteiger partial charge < -0.3 is 14.4 Å². The van der Waals surface area contributed by atoms with Gasteiger partial charge in [0.25, 0.3) is 0 Å². The van der Waals surface area contributed by atoms with Gasteiger partial charge in [-0.05, 0) is 56.4 Å². The first kappa shape index (κ1) is 16.6. The Labute approximate surface area is 142 Å². The third kappa shape index (κ3) is 3.99. The molecule has 23 heavy (non-hydrogen) atoms. The van der Waals surface area contributed by atoms with E-state index in [0.29, 0.717) is 25.7 Å². The monoisotopic (exact) mass is 337 g/mol. The summed E-state index contributed by atoms with van der Waals surface area (Å²) in [7, 11) is 0. The first-order valence-corrected chi connectivity index (χ1v) is 8.83. The van der Waals surface area contributed by atoms with E-state index < -0.39 is 0 Å². The van der Waals surface area contributed by atoms with Crippen molar-refractivity contribution in [3.8, 4) is 5.75 Å². The van der Waals surface area contributed by atoms with Crippen LogP contribution >= 0.6 is 11.6 Å². The van der Waals surface area contributed by atoms with Crippen LogP contribution in [0.25, 0.3) is 0 Å². The molecule has 1 saturated carbocycles. The van der Waals surface area contributed by atoms with Gasteiger partial charge in [-0.1, -0.05) is 11.6 Å². The van der Waals surface area contributed by atoms with Crippen molar-refractivity contribution in [3.05, 3.63) is 28.8 Å². The van der Waals surface area contributed by atoms with Gasteiger partial charge in [0.2, 0.25) is 5.91 Å². The topological polar surface area (TPSA) is 38.8 Å². The molecule has 126 valence electrons. The molecule has 0 spiro atoms. The number of benzene rings is 1. The second kappa shape index (κ2) is 7.54. The van der Waals surface area contributed by atoms with Gasteiger partial charge in [-0.3, -0.25) is 4.79 Å². The van der Waals surface area contributed by atoms with Crippen molar-refractivity contribution in [1.29, 1.82) is 0 Å². The van der Waals surface area contributed by atoms with E-state index in [4.69, 9.17) is 21.1 Å². The molecule has 1 aliphatic carbocycles. The molecule has 2 unspecified atom stereocenters. The average Bonchev–Trinajstić information content (AvgIpc) is 3.03. The minimum Gasteiger partial charge on any atom is -0.494 e. The maximum Gasteiger partial charge on any atom is 0.223 e. The van der Waals surface area contributed by atoms with Crippen molar-refractivity contribution in [1.82, 2.24) is 4.90 Å². The van der Waals surface area contributed by atoms with Gasteiger partial charge in [-0.15, -0.1) is 0 Å². The molecule has 1 amide bonds. The lowest BCUT2D eigenvalue weighted by molar-refractivity contribution is -0.144. The molecule has 0 N–H and O–H groups in total. The van der Waals surface area contributed by atoms with Crippen molar-refractivity contribution in [2.45, 2.75) is 51.2 Å². The Morgan fingerprint density at radius 2 is 2.30 bits per heavy atom. The molecule has 3 rings (SSSR count). The highest BCUT2D eigenvalue weighted by molar-refractivity contribution is 6.31. The Balaban J connectivity index is 1.43. The van der Waals surface area contributed by atoms with Crippen LogP contribution in [-0.2, 0) is 9.53 Å². The first-order valence-electron chi connectivity index (χ1n) is 8.45. The van der Waals surface area contributed by atoms with E-state index >= 15 is 0 Å². The van der Waals surface area contributed by atoms with Gasteiger partial charge >= 0.3 is 0 Å². The molecule has 0 radical (unpaired) electrons. The molecule has 5 heteroatoms. The molecule has 1 aliphatic heterocycles. The molecule has 2 aliphatic rings.